The SMILES string of the molecule is CC(NCc1cccc(O)c1O)c1ccc(Cl)c(Cl)c1. The zero-order valence-electron chi connectivity index (χ0n) is 10.9. The minimum absolute atomic E-state index is 0.0338. The van der Waals surface area contributed by atoms with Gasteiger partial charge in [-0.2, -0.15) is 0 Å². The normalized spacial score (nSPS) is 12.3. The molecule has 0 aliphatic heterocycles. The van der Waals surface area contributed by atoms with Crippen LogP contribution in [0, 0.1) is 0 Å². The summed E-state index contributed by atoms with van der Waals surface area (Å²) in [6, 6.07) is 10.4. The summed E-state index contributed by atoms with van der Waals surface area (Å²) in [5.74, 6) is -0.215. The second-order valence-electron chi connectivity index (χ2n) is 4.56. The molecule has 106 valence electrons. The largest absolute Gasteiger partial charge is 0.504 e. The van der Waals surface area contributed by atoms with Crippen LogP contribution in [0.2, 0.25) is 10.0 Å². The predicted molar refractivity (Wildman–Crippen MR) is 81.5 cm³/mol. The van der Waals surface area contributed by atoms with E-state index in [0.29, 0.717) is 22.2 Å². The Kier molecular flexibility index (Phi) is 4.76. The molecule has 0 aromatic heterocycles. The van der Waals surface area contributed by atoms with Crippen molar-refractivity contribution in [3.05, 3.63) is 57.6 Å². The standard InChI is InChI=1S/C15H15Cl2NO2/c1-9(10-5-6-12(16)13(17)7-10)18-8-11-3-2-4-14(19)15(11)20/h2-7,9,18-20H,8H2,1H3. The van der Waals surface area contributed by atoms with Gasteiger partial charge in [-0.3, -0.25) is 0 Å². The van der Waals surface area contributed by atoms with Gasteiger partial charge in [0.1, 0.15) is 0 Å². The van der Waals surface area contributed by atoms with Gasteiger partial charge < -0.3 is 15.5 Å². The molecule has 0 aliphatic rings. The third kappa shape index (κ3) is 3.37. The van der Waals surface area contributed by atoms with Gasteiger partial charge in [-0.1, -0.05) is 41.4 Å². The van der Waals surface area contributed by atoms with Crippen molar-refractivity contribution in [2.45, 2.75) is 19.5 Å². The molecule has 1 unspecified atom stereocenters. The van der Waals surface area contributed by atoms with Gasteiger partial charge in [0.05, 0.1) is 10.0 Å². The molecule has 2 rings (SSSR count). The van der Waals surface area contributed by atoms with Crippen molar-refractivity contribution in [3.8, 4) is 11.5 Å². The van der Waals surface area contributed by atoms with Crippen molar-refractivity contribution in [1.29, 1.82) is 0 Å². The molecule has 1 atom stereocenters. The molecule has 0 fully saturated rings. The maximum Gasteiger partial charge on any atom is 0.161 e. The monoisotopic (exact) mass is 311 g/mol. The molecular weight excluding hydrogens is 297 g/mol. The van der Waals surface area contributed by atoms with E-state index in [2.05, 4.69) is 5.32 Å². The number of para-hydroxylation sites is 1. The fourth-order valence-corrected chi connectivity index (χ4v) is 2.19. The van der Waals surface area contributed by atoms with Gasteiger partial charge in [-0.05, 0) is 30.7 Å². The number of rotatable bonds is 4. The Hall–Kier alpha value is -1.42. The van der Waals surface area contributed by atoms with Gasteiger partial charge >= 0.3 is 0 Å². The minimum atomic E-state index is -0.119. The first-order valence-electron chi connectivity index (χ1n) is 6.17. The molecular formula is C15H15Cl2NO2. The van der Waals surface area contributed by atoms with E-state index >= 15 is 0 Å². The maximum atomic E-state index is 9.73. The number of hydrogen-bond donors (Lipinski definition) is 3. The highest BCUT2D eigenvalue weighted by molar-refractivity contribution is 6.42. The van der Waals surface area contributed by atoms with Gasteiger partial charge in [-0.15, -0.1) is 0 Å². The number of aromatic hydroxyl groups is 2. The van der Waals surface area contributed by atoms with Crippen LogP contribution in [0.3, 0.4) is 0 Å². The van der Waals surface area contributed by atoms with E-state index in [4.69, 9.17) is 23.2 Å². The molecule has 0 spiro atoms. The zero-order chi connectivity index (χ0) is 14.7. The maximum absolute atomic E-state index is 9.73. The third-order valence-corrected chi connectivity index (χ3v) is 3.88. The molecule has 0 radical (unpaired) electrons. The second-order valence-corrected chi connectivity index (χ2v) is 5.38. The van der Waals surface area contributed by atoms with Crippen molar-refractivity contribution in [3.63, 3.8) is 0 Å². The van der Waals surface area contributed by atoms with Gasteiger partial charge in [0.15, 0.2) is 11.5 Å². The van der Waals surface area contributed by atoms with Gasteiger partial charge in [0.25, 0.3) is 0 Å². The van der Waals surface area contributed by atoms with Gasteiger partial charge in [0.2, 0.25) is 0 Å². The quantitative estimate of drug-likeness (QED) is 0.740. The summed E-state index contributed by atoms with van der Waals surface area (Å²) in [5.41, 5.74) is 1.64. The van der Waals surface area contributed by atoms with Gasteiger partial charge in [0, 0.05) is 18.2 Å². The van der Waals surface area contributed by atoms with E-state index in [9.17, 15) is 10.2 Å². The van der Waals surface area contributed by atoms with Crippen LogP contribution in [0.4, 0.5) is 0 Å². The summed E-state index contributed by atoms with van der Waals surface area (Å²) in [5, 5.41) is 23.5. The first-order chi connectivity index (χ1) is 9.49. The van der Waals surface area contributed by atoms with E-state index in [1.165, 1.54) is 6.07 Å². The van der Waals surface area contributed by atoms with Crippen molar-refractivity contribution < 1.29 is 10.2 Å². The zero-order valence-corrected chi connectivity index (χ0v) is 12.4. The number of phenolic OH excluding ortho intramolecular Hbond substituents is 2. The molecule has 2 aromatic rings. The molecule has 0 bridgehead atoms. The molecule has 20 heavy (non-hydrogen) atoms. The third-order valence-electron chi connectivity index (χ3n) is 3.14. The lowest BCUT2D eigenvalue weighted by Crippen LogP contribution is -2.18. The van der Waals surface area contributed by atoms with E-state index < -0.39 is 0 Å². The predicted octanol–water partition coefficient (Wildman–Crippen LogP) is 4.26. The highest BCUT2D eigenvalue weighted by Gasteiger charge is 2.10. The highest BCUT2D eigenvalue weighted by Crippen LogP contribution is 2.29. The lowest BCUT2D eigenvalue weighted by atomic mass is 10.1. The van der Waals surface area contributed by atoms with Crippen LogP contribution in [-0.2, 0) is 6.54 Å². The highest BCUT2D eigenvalue weighted by atomic mass is 35.5. The van der Waals surface area contributed by atoms with Crippen LogP contribution in [-0.4, -0.2) is 10.2 Å². The summed E-state index contributed by atoms with van der Waals surface area (Å²) < 4.78 is 0. The van der Waals surface area contributed by atoms with Crippen LogP contribution in [0.25, 0.3) is 0 Å². The van der Waals surface area contributed by atoms with Crippen LogP contribution < -0.4 is 5.32 Å². The molecule has 0 heterocycles. The fraction of sp³-hybridized carbons (Fsp3) is 0.200. The Bertz CT molecular complexity index is 617. The Labute approximate surface area is 127 Å². The molecule has 0 aliphatic carbocycles. The number of nitrogens with one attached hydrogen (secondary N) is 1. The van der Waals surface area contributed by atoms with Crippen molar-refractivity contribution in [1.82, 2.24) is 5.32 Å². The molecule has 3 nitrogen and oxygen atoms in total. The van der Waals surface area contributed by atoms with Crippen molar-refractivity contribution in [2.75, 3.05) is 0 Å². The van der Waals surface area contributed by atoms with E-state index in [1.54, 1.807) is 18.2 Å². The molecule has 0 amide bonds. The van der Waals surface area contributed by atoms with E-state index in [-0.39, 0.29) is 17.5 Å². The van der Waals surface area contributed by atoms with Crippen LogP contribution >= 0.6 is 23.2 Å². The Morgan fingerprint density at radius 1 is 1.10 bits per heavy atom. The smallest absolute Gasteiger partial charge is 0.161 e. The number of hydrogen-bond acceptors (Lipinski definition) is 3. The lowest BCUT2D eigenvalue weighted by molar-refractivity contribution is 0.396. The average molecular weight is 312 g/mol. The summed E-state index contributed by atoms with van der Waals surface area (Å²) in [6.45, 7) is 2.42. The van der Waals surface area contributed by atoms with Crippen LogP contribution in [0.5, 0.6) is 11.5 Å². The van der Waals surface area contributed by atoms with Crippen molar-refractivity contribution >= 4 is 23.2 Å². The lowest BCUT2D eigenvalue weighted by Gasteiger charge is -2.15. The van der Waals surface area contributed by atoms with Crippen LogP contribution in [0.1, 0.15) is 24.1 Å². The summed E-state index contributed by atoms with van der Waals surface area (Å²) in [4.78, 5) is 0. The molecule has 5 heteroatoms. The fourth-order valence-electron chi connectivity index (χ4n) is 1.88. The Morgan fingerprint density at radius 3 is 2.55 bits per heavy atom. The van der Waals surface area contributed by atoms with Crippen molar-refractivity contribution in [2.24, 2.45) is 0 Å². The molecule has 0 saturated heterocycles. The summed E-state index contributed by atoms with van der Waals surface area (Å²) in [6.07, 6.45) is 0. The van der Waals surface area contributed by atoms with E-state index in [0.717, 1.165) is 5.56 Å². The average Bonchev–Trinajstić information content (AvgIpc) is 2.43. The summed E-state index contributed by atoms with van der Waals surface area (Å²) >= 11 is 11.9. The first kappa shape index (κ1) is 15.0. The Morgan fingerprint density at radius 2 is 1.85 bits per heavy atom. The van der Waals surface area contributed by atoms with Crippen LogP contribution in [0.15, 0.2) is 36.4 Å². The molecule has 3 N–H and O–H groups in total. The Balaban J connectivity index is 2.06. The minimum Gasteiger partial charge on any atom is -0.504 e. The number of halogens is 2. The molecule has 0 saturated carbocycles. The first-order valence-corrected chi connectivity index (χ1v) is 6.92. The molecule has 2 aromatic carbocycles. The number of benzene rings is 2. The summed E-state index contributed by atoms with van der Waals surface area (Å²) in [7, 11) is 0. The second kappa shape index (κ2) is 6.35. The topological polar surface area (TPSA) is 52.5 Å². The van der Waals surface area contributed by atoms with Gasteiger partial charge in [-0.25, -0.2) is 0 Å². The number of phenols is 2. The van der Waals surface area contributed by atoms with E-state index in [1.807, 2.05) is 19.1 Å².